The van der Waals surface area contributed by atoms with Crippen LogP contribution >= 0.6 is 0 Å². The average Bonchev–Trinajstić information content (AvgIpc) is 2.64. The van der Waals surface area contributed by atoms with Gasteiger partial charge in [-0.15, -0.1) is 0 Å². The van der Waals surface area contributed by atoms with Gasteiger partial charge in [0, 0.05) is 25.0 Å². The van der Waals surface area contributed by atoms with Crippen molar-refractivity contribution in [1.82, 2.24) is 10.6 Å². The number of ether oxygens (including phenoxy) is 1. The monoisotopic (exact) mass is 226 g/mol. The molecule has 0 aromatic carbocycles. The molecule has 0 radical (unpaired) electrons. The number of rotatable bonds is 6. The zero-order valence-corrected chi connectivity index (χ0v) is 10.7. The molecule has 3 nitrogen and oxygen atoms in total. The van der Waals surface area contributed by atoms with Crippen molar-refractivity contribution in [3.05, 3.63) is 0 Å². The molecule has 0 bridgehead atoms. The van der Waals surface area contributed by atoms with Crippen LogP contribution in [0.3, 0.4) is 0 Å². The molecule has 2 unspecified atom stereocenters. The fourth-order valence-electron chi connectivity index (χ4n) is 2.80. The molecular weight excluding hydrogens is 200 g/mol. The molecule has 94 valence electrons. The molecular formula is C13H26N2O. The Kier molecular flexibility index (Phi) is 4.22. The highest BCUT2D eigenvalue weighted by Crippen LogP contribution is 2.39. The van der Waals surface area contributed by atoms with Crippen LogP contribution in [0.5, 0.6) is 0 Å². The second-order valence-electron chi connectivity index (χ2n) is 5.76. The van der Waals surface area contributed by atoms with Gasteiger partial charge < -0.3 is 15.4 Å². The van der Waals surface area contributed by atoms with Gasteiger partial charge in [-0.2, -0.15) is 0 Å². The SMILES string of the molecule is CCNC1COCC1CNCC1(C)CCC1. The molecule has 0 amide bonds. The molecule has 1 aliphatic heterocycles. The molecule has 2 N–H and O–H groups in total. The lowest BCUT2D eigenvalue weighted by molar-refractivity contribution is 0.150. The summed E-state index contributed by atoms with van der Waals surface area (Å²) in [5.74, 6) is 0.656. The Morgan fingerprint density at radius 2 is 2.12 bits per heavy atom. The van der Waals surface area contributed by atoms with Gasteiger partial charge in [0.1, 0.15) is 0 Å². The van der Waals surface area contributed by atoms with Crippen LogP contribution in [-0.2, 0) is 4.74 Å². The Morgan fingerprint density at radius 1 is 1.31 bits per heavy atom. The maximum Gasteiger partial charge on any atom is 0.0623 e. The molecule has 1 aliphatic carbocycles. The average molecular weight is 226 g/mol. The summed E-state index contributed by atoms with van der Waals surface area (Å²) >= 11 is 0. The molecule has 16 heavy (non-hydrogen) atoms. The van der Waals surface area contributed by atoms with Crippen LogP contribution < -0.4 is 10.6 Å². The van der Waals surface area contributed by atoms with E-state index in [1.807, 2.05) is 0 Å². The topological polar surface area (TPSA) is 33.3 Å². The van der Waals surface area contributed by atoms with E-state index in [-0.39, 0.29) is 0 Å². The molecule has 1 saturated heterocycles. The largest absolute Gasteiger partial charge is 0.379 e. The van der Waals surface area contributed by atoms with Gasteiger partial charge >= 0.3 is 0 Å². The zero-order valence-electron chi connectivity index (χ0n) is 10.7. The number of likely N-dealkylation sites (N-methyl/N-ethyl adjacent to an activating group) is 1. The third-order valence-corrected chi connectivity index (χ3v) is 4.18. The van der Waals surface area contributed by atoms with Crippen molar-refractivity contribution in [1.29, 1.82) is 0 Å². The first-order valence-electron chi connectivity index (χ1n) is 6.75. The summed E-state index contributed by atoms with van der Waals surface area (Å²) < 4.78 is 5.54. The van der Waals surface area contributed by atoms with Crippen LogP contribution in [-0.4, -0.2) is 38.9 Å². The highest BCUT2D eigenvalue weighted by molar-refractivity contribution is 4.87. The van der Waals surface area contributed by atoms with Crippen molar-refractivity contribution in [2.45, 2.75) is 39.2 Å². The third kappa shape index (κ3) is 2.96. The molecule has 3 heteroatoms. The number of nitrogens with one attached hydrogen (secondary N) is 2. The molecule has 2 rings (SSSR count). The van der Waals surface area contributed by atoms with Crippen LogP contribution in [0.1, 0.15) is 33.1 Å². The standard InChI is InChI=1S/C13H26N2O/c1-3-15-12-9-16-8-11(12)7-14-10-13(2)5-4-6-13/h11-12,14-15H,3-10H2,1-2H3. The van der Waals surface area contributed by atoms with E-state index in [1.165, 1.54) is 25.8 Å². The summed E-state index contributed by atoms with van der Waals surface area (Å²) in [6, 6.07) is 0.562. The van der Waals surface area contributed by atoms with Gasteiger partial charge in [-0.3, -0.25) is 0 Å². The van der Waals surface area contributed by atoms with E-state index in [9.17, 15) is 0 Å². The van der Waals surface area contributed by atoms with E-state index >= 15 is 0 Å². The van der Waals surface area contributed by atoms with Crippen molar-refractivity contribution in [3.63, 3.8) is 0 Å². The maximum atomic E-state index is 5.54. The smallest absolute Gasteiger partial charge is 0.0623 e. The van der Waals surface area contributed by atoms with Crippen molar-refractivity contribution < 1.29 is 4.74 Å². The fraction of sp³-hybridized carbons (Fsp3) is 1.00. The van der Waals surface area contributed by atoms with E-state index in [0.29, 0.717) is 17.4 Å². The first-order valence-corrected chi connectivity index (χ1v) is 6.75. The molecule has 2 atom stereocenters. The minimum Gasteiger partial charge on any atom is -0.379 e. The number of hydrogen-bond acceptors (Lipinski definition) is 3. The van der Waals surface area contributed by atoms with Gasteiger partial charge in [0.15, 0.2) is 0 Å². The lowest BCUT2D eigenvalue weighted by Crippen LogP contribution is -2.43. The number of hydrogen-bond donors (Lipinski definition) is 2. The van der Waals surface area contributed by atoms with Crippen LogP contribution in [0.15, 0.2) is 0 Å². The Balaban J connectivity index is 1.64. The summed E-state index contributed by atoms with van der Waals surface area (Å²) in [6.07, 6.45) is 4.22. The van der Waals surface area contributed by atoms with E-state index in [0.717, 1.165) is 26.3 Å². The summed E-state index contributed by atoms with van der Waals surface area (Å²) in [4.78, 5) is 0. The maximum absolute atomic E-state index is 5.54. The van der Waals surface area contributed by atoms with Gasteiger partial charge in [0.25, 0.3) is 0 Å². The Hall–Kier alpha value is -0.120. The lowest BCUT2D eigenvalue weighted by Gasteiger charge is -2.39. The molecule has 1 saturated carbocycles. The summed E-state index contributed by atoms with van der Waals surface area (Å²) in [7, 11) is 0. The van der Waals surface area contributed by atoms with Crippen molar-refractivity contribution in [2.75, 3.05) is 32.8 Å². The first-order chi connectivity index (χ1) is 7.73. The summed E-state index contributed by atoms with van der Waals surface area (Å²) in [6.45, 7) is 9.70. The van der Waals surface area contributed by atoms with Gasteiger partial charge in [-0.25, -0.2) is 0 Å². The van der Waals surface area contributed by atoms with Crippen molar-refractivity contribution >= 4 is 0 Å². The predicted molar refractivity (Wildman–Crippen MR) is 66.6 cm³/mol. The summed E-state index contributed by atoms with van der Waals surface area (Å²) in [5.41, 5.74) is 0.590. The molecule has 2 fully saturated rings. The van der Waals surface area contributed by atoms with Crippen LogP contribution in [0, 0.1) is 11.3 Å². The lowest BCUT2D eigenvalue weighted by atomic mass is 9.70. The fourth-order valence-corrected chi connectivity index (χ4v) is 2.80. The van der Waals surface area contributed by atoms with E-state index in [4.69, 9.17) is 4.74 Å². The highest BCUT2D eigenvalue weighted by atomic mass is 16.5. The third-order valence-electron chi connectivity index (χ3n) is 4.18. The first kappa shape index (κ1) is 12.3. The Labute approximate surface area is 99.3 Å². The Bertz CT molecular complexity index is 216. The van der Waals surface area contributed by atoms with Crippen LogP contribution in [0.25, 0.3) is 0 Å². The van der Waals surface area contributed by atoms with Crippen LogP contribution in [0.4, 0.5) is 0 Å². The Morgan fingerprint density at radius 3 is 2.75 bits per heavy atom. The quantitative estimate of drug-likeness (QED) is 0.718. The summed E-state index contributed by atoms with van der Waals surface area (Å²) in [5, 5.41) is 7.14. The predicted octanol–water partition coefficient (Wildman–Crippen LogP) is 1.39. The van der Waals surface area contributed by atoms with Gasteiger partial charge in [0.2, 0.25) is 0 Å². The minimum atomic E-state index is 0.562. The zero-order chi connectivity index (χ0) is 11.4. The molecule has 1 heterocycles. The second-order valence-corrected chi connectivity index (χ2v) is 5.76. The molecule has 0 spiro atoms. The van der Waals surface area contributed by atoms with E-state index < -0.39 is 0 Å². The molecule has 0 aromatic heterocycles. The van der Waals surface area contributed by atoms with Crippen molar-refractivity contribution in [3.8, 4) is 0 Å². The molecule has 0 aromatic rings. The van der Waals surface area contributed by atoms with E-state index in [2.05, 4.69) is 24.5 Å². The second kappa shape index (κ2) is 5.48. The van der Waals surface area contributed by atoms with Crippen molar-refractivity contribution in [2.24, 2.45) is 11.3 Å². The normalized spacial score (nSPS) is 32.6. The van der Waals surface area contributed by atoms with Gasteiger partial charge in [0.05, 0.1) is 13.2 Å². The van der Waals surface area contributed by atoms with E-state index in [1.54, 1.807) is 0 Å². The van der Waals surface area contributed by atoms with Gasteiger partial charge in [-0.1, -0.05) is 20.3 Å². The van der Waals surface area contributed by atoms with Crippen LogP contribution in [0.2, 0.25) is 0 Å². The van der Waals surface area contributed by atoms with Gasteiger partial charge in [-0.05, 0) is 24.8 Å². The molecule has 2 aliphatic rings. The highest BCUT2D eigenvalue weighted by Gasteiger charge is 2.32. The minimum absolute atomic E-state index is 0.562.